The predicted octanol–water partition coefficient (Wildman–Crippen LogP) is 2.36. The molecule has 2 atom stereocenters. The Morgan fingerprint density at radius 2 is 2.12 bits per heavy atom. The highest BCUT2D eigenvalue weighted by atomic mass is 16.5. The molecule has 1 aromatic carbocycles. The van der Waals surface area contributed by atoms with E-state index in [1.54, 1.807) is 0 Å². The molecule has 1 heterocycles. The van der Waals surface area contributed by atoms with Gasteiger partial charge in [-0.1, -0.05) is 19.1 Å². The third-order valence-electron chi connectivity index (χ3n) is 3.53. The number of nitrogens with zero attached hydrogens (tertiary/aromatic N) is 1. The Hall–Kier alpha value is -1.06. The highest BCUT2D eigenvalue weighted by Crippen LogP contribution is 2.23. The van der Waals surface area contributed by atoms with Crippen LogP contribution in [0.5, 0.6) is 0 Å². The number of benzene rings is 1. The van der Waals surface area contributed by atoms with Crippen LogP contribution in [0.2, 0.25) is 0 Å². The van der Waals surface area contributed by atoms with Crippen LogP contribution >= 0.6 is 0 Å². The largest absolute Gasteiger partial charge is 0.388 e. The molecule has 0 saturated carbocycles. The maximum atomic E-state index is 9.74. The van der Waals surface area contributed by atoms with E-state index in [2.05, 4.69) is 24.1 Å². The van der Waals surface area contributed by atoms with Crippen molar-refractivity contribution < 1.29 is 9.84 Å². The van der Waals surface area contributed by atoms with Crippen molar-refractivity contribution in [2.24, 2.45) is 0 Å². The zero-order valence-corrected chi connectivity index (χ0v) is 10.6. The summed E-state index contributed by atoms with van der Waals surface area (Å²) < 4.78 is 5.40. The molecule has 1 N–H and O–H groups in total. The number of hydrogen-bond acceptors (Lipinski definition) is 3. The summed E-state index contributed by atoms with van der Waals surface area (Å²) in [7, 11) is 2.10. The summed E-state index contributed by atoms with van der Waals surface area (Å²) in [6.07, 6.45) is 1.51. The molecule has 94 valence electrons. The van der Waals surface area contributed by atoms with Crippen molar-refractivity contribution in [3.8, 4) is 0 Å². The van der Waals surface area contributed by atoms with E-state index in [9.17, 15) is 5.11 Å². The van der Waals surface area contributed by atoms with Crippen molar-refractivity contribution in [3.05, 3.63) is 29.8 Å². The van der Waals surface area contributed by atoms with Gasteiger partial charge in [-0.05, 0) is 30.5 Å². The van der Waals surface area contributed by atoms with Gasteiger partial charge >= 0.3 is 0 Å². The second kappa shape index (κ2) is 5.52. The van der Waals surface area contributed by atoms with Gasteiger partial charge in [0.15, 0.2) is 0 Å². The van der Waals surface area contributed by atoms with Crippen molar-refractivity contribution in [1.82, 2.24) is 0 Å². The lowest BCUT2D eigenvalue weighted by atomic mass is 10.1. The normalized spacial score (nSPS) is 21.5. The van der Waals surface area contributed by atoms with Crippen LogP contribution in [-0.2, 0) is 4.74 Å². The minimum atomic E-state index is -0.343. The molecule has 17 heavy (non-hydrogen) atoms. The van der Waals surface area contributed by atoms with Crippen molar-refractivity contribution in [2.45, 2.75) is 31.9 Å². The van der Waals surface area contributed by atoms with Gasteiger partial charge in [0.05, 0.1) is 18.8 Å². The summed E-state index contributed by atoms with van der Waals surface area (Å²) >= 11 is 0. The Morgan fingerprint density at radius 1 is 1.41 bits per heavy atom. The Kier molecular flexibility index (Phi) is 4.02. The van der Waals surface area contributed by atoms with Crippen LogP contribution in [0.15, 0.2) is 24.3 Å². The summed E-state index contributed by atoms with van der Waals surface area (Å²) in [5.41, 5.74) is 2.18. The lowest BCUT2D eigenvalue weighted by Gasteiger charge is -2.25. The average molecular weight is 235 g/mol. The molecule has 0 radical (unpaired) electrons. The van der Waals surface area contributed by atoms with Gasteiger partial charge < -0.3 is 14.7 Å². The number of hydrogen-bond donors (Lipinski definition) is 1. The first-order valence-corrected chi connectivity index (χ1v) is 6.31. The van der Waals surface area contributed by atoms with Gasteiger partial charge in [0.1, 0.15) is 0 Å². The maximum Gasteiger partial charge on any atom is 0.0787 e. The van der Waals surface area contributed by atoms with E-state index in [1.807, 2.05) is 19.1 Å². The number of anilines is 1. The molecule has 0 aromatic heterocycles. The van der Waals surface area contributed by atoms with Crippen LogP contribution in [0, 0.1) is 0 Å². The van der Waals surface area contributed by atoms with E-state index in [4.69, 9.17) is 4.74 Å². The molecule has 3 nitrogen and oxygen atoms in total. The van der Waals surface area contributed by atoms with Crippen molar-refractivity contribution in [3.63, 3.8) is 0 Å². The number of ether oxygens (including phenoxy) is 1. The van der Waals surface area contributed by atoms with Crippen LogP contribution in [0.25, 0.3) is 0 Å². The van der Waals surface area contributed by atoms with Crippen molar-refractivity contribution >= 4 is 5.69 Å². The molecule has 1 aromatic rings. The molecule has 0 spiro atoms. The fourth-order valence-corrected chi connectivity index (χ4v) is 2.21. The molecule has 1 unspecified atom stereocenters. The van der Waals surface area contributed by atoms with Crippen LogP contribution in [-0.4, -0.2) is 31.4 Å². The topological polar surface area (TPSA) is 32.7 Å². The minimum absolute atomic E-state index is 0.343. The first kappa shape index (κ1) is 12.4. The van der Waals surface area contributed by atoms with Crippen LogP contribution in [0.1, 0.15) is 31.4 Å². The monoisotopic (exact) mass is 235 g/mol. The third kappa shape index (κ3) is 2.79. The number of aliphatic hydroxyl groups excluding tert-OH is 1. The summed E-state index contributed by atoms with van der Waals surface area (Å²) in [5.74, 6) is 0. The maximum absolute atomic E-state index is 9.74. The Morgan fingerprint density at radius 3 is 2.65 bits per heavy atom. The van der Waals surface area contributed by atoms with Gasteiger partial charge in [-0.15, -0.1) is 0 Å². The van der Waals surface area contributed by atoms with Crippen molar-refractivity contribution in [2.75, 3.05) is 25.2 Å². The van der Waals surface area contributed by atoms with Crippen molar-refractivity contribution in [1.29, 1.82) is 0 Å². The zero-order chi connectivity index (χ0) is 12.3. The van der Waals surface area contributed by atoms with E-state index in [0.717, 1.165) is 31.6 Å². The molecule has 2 rings (SSSR count). The quantitative estimate of drug-likeness (QED) is 0.869. The van der Waals surface area contributed by atoms with E-state index < -0.39 is 0 Å². The second-order valence-electron chi connectivity index (χ2n) is 4.64. The molecule has 0 bridgehead atoms. The average Bonchev–Trinajstić information content (AvgIpc) is 2.91. The minimum Gasteiger partial charge on any atom is -0.388 e. The van der Waals surface area contributed by atoms with Gasteiger partial charge in [-0.3, -0.25) is 0 Å². The Labute approximate surface area is 103 Å². The van der Waals surface area contributed by atoms with Gasteiger partial charge in [0.2, 0.25) is 0 Å². The highest BCUT2D eigenvalue weighted by Gasteiger charge is 2.20. The van der Waals surface area contributed by atoms with Crippen LogP contribution in [0.3, 0.4) is 0 Å². The molecule has 0 aliphatic carbocycles. The molecule has 3 heteroatoms. The highest BCUT2D eigenvalue weighted by molar-refractivity contribution is 5.48. The van der Waals surface area contributed by atoms with E-state index in [-0.39, 0.29) is 6.10 Å². The fourth-order valence-electron chi connectivity index (χ4n) is 2.21. The molecular weight excluding hydrogens is 214 g/mol. The van der Waals surface area contributed by atoms with Crippen LogP contribution in [0.4, 0.5) is 5.69 Å². The van der Waals surface area contributed by atoms with Gasteiger partial charge in [0, 0.05) is 19.3 Å². The smallest absolute Gasteiger partial charge is 0.0787 e. The lowest BCUT2D eigenvalue weighted by Crippen LogP contribution is -2.31. The standard InChI is InChI=1S/C14H21NO2/c1-3-14(16)11-4-6-12(7-5-11)15(2)13-8-9-17-10-13/h4-7,13-14,16H,3,8-10H2,1-2H3/t13?,14-/m0/s1. The first-order chi connectivity index (χ1) is 8.22. The molecule has 0 amide bonds. The second-order valence-corrected chi connectivity index (χ2v) is 4.64. The van der Waals surface area contributed by atoms with E-state index in [1.165, 1.54) is 5.69 Å². The number of likely N-dealkylation sites (N-methyl/N-ethyl adjacent to an activating group) is 1. The summed E-state index contributed by atoms with van der Waals surface area (Å²) in [6.45, 7) is 3.66. The van der Waals surface area contributed by atoms with Gasteiger partial charge in [-0.25, -0.2) is 0 Å². The van der Waals surface area contributed by atoms with E-state index in [0.29, 0.717) is 6.04 Å². The fraction of sp³-hybridized carbons (Fsp3) is 0.571. The predicted molar refractivity (Wildman–Crippen MR) is 69.3 cm³/mol. The number of rotatable bonds is 4. The summed E-state index contributed by atoms with van der Waals surface area (Å²) in [6, 6.07) is 8.65. The molecule has 1 aliphatic rings. The molecular formula is C14H21NO2. The summed E-state index contributed by atoms with van der Waals surface area (Å²) in [5, 5.41) is 9.74. The summed E-state index contributed by atoms with van der Waals surface area (Å²) in [4.78, 5) is 2.26. The van der Waals surface area contributed by atoms with E-state index >= 15 is 0 Å². The Bertz CT molecular complexity index is 344. The lowest BCUT2D eigenvalue weighted by molar-refractivity contribution is 0.173. The Balaban J connectivity index is 2.06. The van der Waals surface area contributed by atoms with Gasteiger partial charge in [0.25, 0.3) is 0 Å². The molecule has 1 aliphatic heterocycles. The van der Waals surface area contributed by atoms with Crippen LogP contribution < -0.4 is 4.90 Å². The molecule has 1 fully saturated rings. The first-order valence-electron chi connectivity index (χ1n) is 6.31. The van der Waals surface area contributed by atoms with Gasteiger partial charge in [-0.2, -0.15) is 0 Å². The SMILES string of the molecule is CC[C@H](O)c1ccc(N(C)C2CCOC2)cc1. The zero-order valence-electron chi connectivity index (χ0n) is 10.6. The number of aliphatic hydroxyl groups is 1. The molecule has 1 saturated heterocycles. The third-order valence-corrected chi connectivity index (χ3v) is 3.53.